The molecule has 10 heteroatoms. The second-order valence-electron chi connectivity index (χ2n) is 2.26. The first kappa shape index (κ1) is 15.5. The van der Waals surface area contributed by atoms with Gasteiger partial charge in [-0.15, -0.1) is 0 Å². The van der Waals surface area contributed by atoms with E-state index in [1.165, 1.54) is 0 Å². The zero-order valence-electron chi connectivity index (χ0n) is 7.03. The van der Waals surface area contributed by atoms with Crippen LogP contribution in [0.2, 0.25) is 0 Å². The Hall–Kier alpha value is 1.54. The highest BCUT2D eigenvalue weighted by atomic mass is 35.9. The number of hydrogen-bond donors (Lipinski definition) is 0. The van der Waals surface area contributed by atoms with Crippen LogP contribution in [-0.4, -0.2) is 6.29 Å². The molecule has 0 saturated heterocycles. The zero-order valence-corrected chi connectivity index (χ0v) is 11.8. The van der Waals surface area contributed by atoms with Crippen LogP contribution < -0.4 is 0 Å². The average molecular weight is 324 g/mol. The second-order valence-corrected chi connectivity index (χ2v) is 10.7. The van der Waals surface area contributed by atoms with Gasteiger partial charge in [0.25, 0.3) is 0 Å². The molecule has 0 spiro atoms. The first-order valence-electron chi connectivity index (χ1n) is 3.49. The lowest BCUT2D eigenvalue weighted by atomic mass is 10.3. The van der Waals surface area contributed by atoms with Crippen molar-refractivity contribution in [3.8, 4) is 0 Å². The van der Waals surface area contributed by atoms with Crippen LogP contribution in [0.15, 0.2) is 0 Å². The van der Waals surface area contributed by atoms with Crippen LogP contribution in [0.25, 0.3) is 0 Å². The minimum atomic E-state index is -3.76. The van der Waals surface area contributed by atoms with Crippen molar-refractivity contribution in [3.05, 3.63) is 0 Å². The Balaban J connectivity index is 4.31. The number of halogens is 4. The fourth-order valence-electron chi connectivity index (χ4n) is 0.634. The van der Waals surface area contributed by atoms with Gasteiger partial charge in [-0.05, 0) is 51.4 Å². The largest absolute Gasteiger partial charge is 0.382 e. The predicted octanol–water partition coefficient (Wildman–Crippen LogP) is 5.32. The molecule has 0 aromatic carbocycles. The zero-order chi connectivity index (χ0) is 11.4. The average Bonchev–Trinajstić information content (AvgIpc) is 1.78. The maximum absolute atomic E-state index is 10.8. The summed E-state index contributed by atoms with van der Waals surface area (Å²) >= 11 is 20.5. The third-order valence-electron chi connectivity index (χ3n) is 1.00. The molecule has 0 bridgehead atoms. The van der Waals surface area contributed by atoms with Gasteiger partial charge >= 0.3 is 12.1 Å². The van der Waals surface area contributed by atoms with Crippen molar-refractivity contribution in [1.82, 2.24) is 0 Å². The summed E-state index contributed by atoms with van der Waals surface area (Å²) < 4.78 is 30.8. The summed E-state index contributed by atoms with van der Waals surface area (Å²) in [5.41, 5.74) is 0. The maximum atomic E-state index is 10.8. The lowest BCUT2D eigenvalue weighted by Crippen LogP contribution is -2.10. The van der Waals surface area contributed by atoms with Crippen molar-refractivity contribution in [3.63, 3.8) is 0 Å². The Morgan fingerprint density at radius 2 is 1.43 bits per heavy atom. The van der Waals surface area contributed by atoms with Crippen LogP contribution in [0.5, 0.6) is 0 Å². The molecule has 0 aromatic rings. The summed E-state index contributed by atoms with van der Waals surface area (Å²) in [7, 11) is 0. The van der Waals surface area contributed by atoms with Crippen molar-refractivity contribution >= 4 is 57.1 Å². The topological polar surface area (TPSA) is 52.6 Å². The van der Waals surface area contributed by atoms with Crippen LogP contribution in [0.4, 0.5) is 0 Å². The smallest absolute Gasteiger partial charge is 0.275 e. The summed E-state index contributed by atoms with van der Waals surface area (Å²) in [6, 6.07) is 0. The Morgan fingerprint density at radius 1 is 1.07 bits per heavy atom. The number of rotatable bonds is 6. The van der Waals surface area contributed by atoms with Gasteiger partial charge in [-0.3, -0.25) is 18.2 Å². The monoisotopic (exact) mass is 322 g/mol. The van der Waals surface area contributed by atoms with E-state index < -0.39 is 18.4 Å². The number of hydrogen-bond acceptors (Lipinski definition) is 4. The van der Waals surface area contributed by atoms with Crippen molar-refractivity contribution in [2.45, 2.75) is 26.1 Å². The molecule has 0 aliphatic heterocycles. The van der Waals surface area contributed by atoms with Crippen LogP contribution in [0.1, 0.15) is 19.8 Å². The van der Waals surface area contributed by atoms with Gasteiger partial charge in [0.2, 0.25) is 0 Å². The van der Waals surface area contributed by atoms with Crippen molar-refractivity contribution in [1.29, 1.82) is 0 Å². The molecule has 0 atom stereocenters. The van der Waals surface area contributed by atoms with Gasteiger partial charge in [0.15, 0.2) is 6.29 Å². The van der Waals surface area contributed by atoms with E-state index in [0.29, 0.717) is 6.42 Å². The van der Waals surface area contributed by atoms with E-state index in [2.05, 4.69) is 9.05 Å². The molecule has 4 nitrogen and oxygen atoms in total. The minimum absolute atomic E-state index is 0.271. The van der Waals surface area contributed by atoms with E-state index in [1.807, 2.05) is 0 Å². The van der Waals surface area contributed by atoms with Crippen molar-refractivity contribution in [2.75, 3.05) is 0 Å². The van der Waals surface area contributed by atoms with Crippen LogP contribution in [0, 0.1) is 0 Å². The summed E-state index contributed by atoms with van der Waals surface area (Å²) in [4.78, 5) is 0. The first-order valence-corrected chi connectivity index (χ1v) is 10.4. The molecular weight excluding hydrogens is 316 g/mol. The van der Waals surface area contributed by atoms with Crippen LogP contribution in [-0.2, 0) is 18.2 Å². The summed E-state index contributed by atoms with van der Waals surface area (Å²) in [6.45, 7) is 1.79. The predicted molar refractivity (Wildman–Crippen MR) is 59.5 cm³/mol. The highest BCUT2D eigenvalue weighted by molar-refractivity contribution is 8.05. The van der Waals surface area contributed by atoms with Gasteiger partial charge in [-0.2, -0.15) is 0 Å². The Bertz CT molecular complexity index is 236. The lowest BCUT2D eigenvalue weighted by molar-refractivity contribution is 0.0143. The summed E-state index contributed by atoms with van der Waals surface area (Å²) in [6.07, 6.45) is -7.78. The standard InChI is InChI=1S/C4H8Cl4O4P2/c1-2-3-4(11-13(5,6)9)12-14(7,8)10/h4H,2-3H2,1H3. The molecule has 0 unspecified atom stereocenters. The molecule has 0 aromatic heterocycles. The normalized spacial score (nSPS) is 13.6. The molecular formula is C4H8Cl4O4P2. The molecule has 0 saturated carbocycles. The van der Waals surface area contributed by atoms with Gasteiger partial charge in [0.1, 0.15) is 0 Å². The molecule has 0 fully saturated rings. The summed E-state index contributed by atoms with van der Waals surface area (Å²) in [5.74, 6) is 0. The quantitative estimate of drug-likeness (QED) is 0.490. The first-order chi connectivity index (χ1) is 6.14. The molecule has 0 N–H and O–H groups in total. The fourth-order valence-corrected chi connectivity index (χ4v) is 2.61. The molecule has 0 heterocycles. The Morgan fingerprint density at radius 3 is 1.64 bits per heavy atom. The fraction of sp³-hybridized carbons (Fsp3) is 1.00. The van der Waals surface area contributed by atoms with E-state index in [0.717, 1.165) is 0 Å². The molecule has 0 rings (SSSR count). The molecule has 14 heavy (non-hydrogen) atoms. The highest BCUT2D eigenvalue weighted by Gasteiger charge is 2.28. The van der Waals surface area contributed by atoms with Gasteiger partial charge < -0.3 is 0 Å². The molecule has 86 valence electrons. The highest BCUT2D eigenvalue weighted by Crippen LogP contribution is 2.63. The van der Waals surface area contributed by atoms with Crippen LogP contribution >= 0.6 is 57.1 Å². The van der Waals surface area contributed by atoms with Gasteiger partial charge in [0, 0.05) is 0 Å². The minimum Gasteiger partial charge on any atom is -0.275 e. The summed E-state index contributed by atoms with van der Waals surface area (Å²) in [5, 5.41) is 0. The third kappa shape index (κ3) is 10.1. The van der Waals surface area contributed by atoms with Gasteiger partial charge in [-0.25, -0.2) is 0 Å². The van der Waals surface area contributed by atoms with Crippen molar-refractivity contribution in [2.24, 2.45) is 0 Å². The van der Waals surface area contributed by atoms with E-state index >= 15 is 0 Å². The van der Waals surface area contributed by atoms with E-state index in [-0.39, 0.29) is 6.42 Å². The Kier molecular flexibility index (Phi) is 7.01. The lowest BCUT2D eigenvalue weighted by Gasteiger charge is -2.17. The third-order valence-corrected chi connectivity index (χ3v) is 2.92. The molecule has 0 aliphatic rings. The molecule has 0 aliphatic carbocycles. The molecule has 0 amide bonds. The van der Waals surface area contributed by atoms with E-state index in [4.69, 9.17) is 45.0 Å². The Labute approximate surface area is 101 Å². The maximum Gasteiger partial charge on any atom is 0.382 e. The molecule has 0 radical (unpaired) electrons. The second kappa shape index (κ2) is 6.32. The SMILES string of the molecule is CCCC(OP(=O)(Cl)Cl)OP(=O)(Cl)Cl. The van der Waals surface area contributed by atoms with Crippen LogP contribution in [0.3, 0.4) is 0 Å². The van der Waals surface area contributed by atoms with E-state index in [9.17, 15) is 9.13 Å². The van der Waals surface area contributed by atoms with Gasteiger partial charge in [-0.1, -0.05) is 13.3 Å². The van der Waals surface area contributed by atoms with E-state index in [1.54, 1.807) is 6.92 Å². The van der Waals surface area contributed by atoms with Gasteiger partial charge in [0.05, 0.1) is 0 Å². The van der Waals surface area contributed by atoms with Crippen molar-refractivity contribution < 1.29 is 18.2 Å².